The molecular weight excluding hydrogens is 424 g/mol. The Hall–Kier alpha value is -2.44. The van der Waals surface area contributed by atoms with Crippen LogP contribution in [0.15, 0.2) is 53.4 Å². The summed E-state index contributed by atoms with van der Waals surface area (Å²) >= 11 is 6.04. The molecule has 1 aliphatic heterocycles. The first-order valence-corrected chi connectivity index (χ1v) is 11.5. The number of nitrogens with one attached hydrogen (secondary N) is 1. The number of rotatable bonds is 7. The molecule has 0 aliphatic carbocycles. The summed E-state index contributed by atoms with van der Waals surface area (Å²) in [5.74, 6) is -0.112. The minimum atomic E-state index is -3.68. The van der Waals surface area contributed by atoms with Crippen molar-refractivity contribution >= 4 is 27.5 Å². The highest BCUT2D eigenvalue weighted by Gasteiger charge is 2.23. The largest absolute Gasteiger partial charge is 0.336 e. The van der Waals surface area contributed by atoms with Gasteiger partial charge in [0.05, 0.1) is 11.0 Å². The molecule has 1 heterocycles. The van der Waals surface area contributed by atoms with Gasteiger partial charge < -0.3 is 4.90 Å². The first-order valence-electron chi connectivity index (χ1n) is 9.62. The molecule has 0 unspecified atom stereocenters. The highest BCUT2D eigenvalue weighted by molar-refractivity contribution is 7.89. The van der Waals surface area contributed by atoms with E-state index in [0.717, 1.165) is 25.2 Å². The van der Waals surface area contributed by atoms with Gasteiger partial charge in [0.25, 0.3) is 5.91 Å². The molecule has 2 aromatic rings. The predicted molar refractivity (Wildman–Crippen MR) is 114 cm³/mol. The summed E-state index contributed by atoms with van der Waals surface area (Å²) < 4.78 is 26.7. The Balaban J connectivity index is 1.55. The van der Waals surface area contributed by atoms with E-state index in [9.17, 15) is 13.2 Å². The lowest BCUT2D eigenvalue weighted by atomic mass is 10.1. The normalized spacial score (nSPS) is 15.0. The van der Waals surface area contributed by atoms with E-state index in [1.54, 1.807) is 4.90 Å². The molecule has 1 fully saturated rings. The van der Waals surface area contributed by atoms with Crippen molar-refractivity contribution in [3.63, 3.8) is 0 Å². The zero-order chi connectivity index (χ0) is 21.6. The van der Waals surface area contributed by atoms with Crippen molar-refractivity contribution in [2.24, 2.45) is 0 Å². The number of halogens is 1. The third kappa shape index (κ3) is 5.80. The summed E-state index contributed by atoms with van der Waals surface area (Å²) in [6, 6.07) is 15.5. The van der Waals surface area contributed by atoms with Crippen molar-refractivity contribution < 1.29 is 13.2 Å². The maximum atomic E-state index is 12.8. The van der Waals surface area contributed by atoms with Crippen molar-refractivity contribution in [1.82, 2.24) is 14.5 Å². The van der Waals surface area contributed by atoms with E-state index in [1.165, 1.54) is 24.3 Å². The molecule has 0 atom stereocenters. The molecule has 9 heteroatoms. The highest BCUT2D eigenvalue weighted by atomic mass is 35.5. The van der Waals surface area contributed by atoms with Crippen LogP contribution < -0.4 is 4.72 Å². The van der Waals surface area contributed by atoms with E-state index >= 15 is 0 Å². The highest BCUT2D eigenvalue weighted by Crippen LogP contribution is 2.16. The maximum Gasteiger partial charge on any atom is 0.253 e. The minimum Gasteiger partial charge on any atom is -0.336 e. The minimum absolute atomic E-state index is 0.0545. The lowest BCUT2D eigenvalue weighted by Gasteiger charge is -2.34. The van der Waals surface area contributed by atoms with Crippen LogP contribution in [0, 0.1) is 11.3 Å². The second kappa shape index (κ2) is 10.0. The topological polar surface area (TPSA) is 93.5 Å². The van der Waals surface area contributed by atoms with Gasteiger partial charge in [-0.2, -0.15) is 5.26 Å². The zero-order valence-corrected chi connectivity index (χ0v) is 18.0. The Morgan fingerprint density at radius 2 is 1.80 bits per heavy atom. The van der Waals surface area contributed by atoms with Crippen LogP contribution in [0.4, 0.5) is 0 Å². The van der Waals surface area contributed by atoms with Gasteiger partial charge in [0.2, 0.25) is 10.0 Å². The van der Waals surface area contributed by atoms with Crippen LogP contribution >= 0.6 is 11.6 Å². The molecule has 1 N–H and O–H groups in total. The van der Waals surface area contributed by atoms with Crippen molar-refractivity contribution in [2.45, 2.75) is 17.9 Å². The van der Waals surface area contributed by atoms with Crippen LogP contribution in [-0.4, -0.2) is 56.8 Å². The van der Waals surface area contributed by atoms with Gasteiger partial charge in [-0.3, -0.25) is 9.69 Å². The van der Waals surface area contributed by atoms with Crippen LogP contribution in [0.5, 0.6) is 0 Å². The van der Waals surface area contributed by atoms with Gasteiger partial charge in [-0.1, -0.05) is 23.7 Å². The van der Waals surface area contributed by atoms with Crippen LogP contribution in [-0.2, 0) is 16.6 Å². The van der Waals surface area contributed by atoms with Gasteiger partial charge in [0, 0.05) is 56.3 Å². The average Bonchev–Trinajstić information content (AvgIpc) is 2.74. The SMILES string of the molecule is N#CCCNS(=O)(=O)c1ccc(C(=O)N2CCN(Cc3cccc(Cl)c3)CC2)cc1. The molecule has 0 spiro atoms. The fourth-order valence-corrected chi connectivity index (χ4v) is 4.53. The quantitative estimate of drug-likeness (QED) is 0.659. The van der Waals surface area contributed by atoms with Gasteiger partial charge in [-0.15, -0.1) is 0 Å². The zero-order valence-electron chi connectivity index (χ0n) is 16.4. The van der Waals surface area contributed by atoms with E-state index < -0.39 is 10.0 Å². The maximum absolute atomic E-state index is 12.8. The van der Waals surface area contributed by atoms with Gasteiger partial charge in [0.15, 0.2) is 0 Å². The van der Waals surface area contributed by atoms with Crippen LogP contribution in [0.2, 0.25) is 5.02 Å². The number of carbonyl (C=O) groups excluding carboxylic acids is 1. The molecule has 1 aliphatic rings. The summed E-state index contributed by atoms with van der Waals surface area (Å²) in [5.41, 5.74) is 1.59. The monoisotopic (exact) mass is 446 g/mol. The van der Waals surface area contributed by atoms with Gasteiger partial charge >= 0.3 is 0 Å². The molecule has 0 aromatic heterocycles. The fourth-order valence-electron chi connectivity index (χ4n) is 3.29. The number of sulfonamides is 1. The second-order valence-corrected chi connectivity index (χ2v) is 9.23. The molecule has 30 heavy (non-hydrogen) atoms. The van der Waals surface area contributed by atoms with E-state index in [-0.39, 0.29) is 23.8 Å². The van der Waals surface area contributed by atoms with Crippen LogP contribution in [0.3, 0.4) is 0 Å². The Kier molecular flexibility index (Phi) is 7.45. The predicted octanol–water partition coefficient (Wildman–Crippen LogP) is 2.49. The Morgan fingerprint density at radius 3 is 2.43 bits per heavy atom. The average molecular weight is 447 g/mol. The third-order valence-corrected chi connectivity index (χ3v) is 6.61. The molecule has 0 radical (unpaired) electrons. The molecule has 1 saturated heterocycles. The molecule has 3 rings (SSSR count). The number of carbonyl (C=O) groups is 1. The molecule has 7 nitrogen and oxygen atoms in total. The molecule has 1 amide bonds. The van der Waals surface area contributed by atoms with Gasteiger partial charge in [-0.25, -0.2) is 13.1 Å². The van der Waals surface area contributed by atoms with Gasteiger partial charge in [-0.05, 0) is 42.0 Å². The Labute approximate surface area is 181 Å². The smallest absolute Gasteiger partial charge is 0.253 e. The summed E-state index contributed by atoms with van der Waals surface area (Å²) in [5, 5.41) is 9.24. The Morgan fingerprint density at radius 1 is 1.10 bits per heavy atom. The van der Waals surface area contributed by atoms with E-state index in [4.69, 9.17) is 16.9 Å². The number of nitriles is 1. The lowest BCUT2D eigenvalue weighted by molar-refractivity contribution is 0.0628. The van der Waals surface area contributed by atoms with E-state index in [0.29, 0.717) is 23.7 Å². The summed E-state index contributed by atoms with van der Waals surface area (Å²) in [7, 11) is -3.68. The molecule has 158 valence electrons. The summed E-state index contributed by atoms with van der Waals surface area (Å²) in [4.78, 5) is 16.9. The number of benzene rings is 2. The first-order chi connectivity index (χ1) is 14.4. The van der Waals surface area contributed by atoms with Crippen molar-refractivity contribution in [3.8, 4) is 6.07 Å². The van der Waals surface area contributed by atoms with Crippen LogP contribution in [0.25, 0.3) is 0 Å². The summed E-state index contributed by atoms with van der Waals surface area (Å²) in [6.07, 6.45) is 0.0963. The number of nitrogens with zero attached hydrogens (tertiary/aromatic N) is 3. The van der Waals surface area contributed by atoms with Crippen molar-refractivity contribution in [1.29, 1.82) is 5.26 Å². The van der Waals surface area contributed by atoms with E-state index in [2.05, 4.69) is 9.62 Å². The number of hydrogen-bond donors (Lipinski definition) is 1. The standard InChI is InChI=1S/C21H23ClN4O3S/c22-19-4-1-3-17(15-19)16-25-11-13-26(14-12-25)21(27)18-5-7-20(8-6-18)30(28,29)24-10-2-9-23/h1,3-8,15,24H,2,10-14,16H2. The van der Waals surface area contributed by atoms with Crippen LogP contribution in [0.1, 0.15) is 22.3 Å². The number of hydrogen-bond acceptors (Lipinski definition) is 5. The molecular formula is C21H23ClN4O3S. The molecule has 0 saturated carbocycles. The first kappa shape index (κ1) is 22.2. The van der Waals surface area contributed by atoms with Crippen molar-refractivity contribution in [3.05, 3.63) is 64.7 Å². The third-order valence-electron chi connectivity index (χ3n) is 4.90. The Bertz CT molecular complexity index is 1030. The number of piperazine rings is 1. The lowest BCUT2D eigenvalue weighted by Crippen LogP contribution is -2.48. The summed E-state index contributed by atoms with van der Waals surface area (Å²) in [6.45, 7) is 3.57. The molecule has 2 aromatic carbocycles. The molecule has 0 bridgehead atoms. The van der Waals surface area contributed by atoms with Crippen molar-refractivity contribution in [2.75, 3.05) is 32.7 Å². The fraction of sp³-hybridized carbons (Fsp3) is 0.333. The van der Waals surface area contributed by atoms with Gasteiger partial charge in [0.1, 0.15) is 0 Å². The van der Waals surface area contributed by atoms with E-state index in [1.807, 2.05) is 30.3 Å². The number of amides is 1. The second-order valence-electron chi connectivity index (χ2n) is 7.03.